The molecular weight excluding hydrogens is 290 g/mol. The molecule has 0 amide bonds. The van der Waals surface area contributed by atoms with Crippen LogP contribution in [-0.4, -0.2) is 18.6 Å². The van der Waals surface area contributed by atoms with Gasteiger partial charge in [0.15, 0.2) is 0 Å². The van der Waals surface area contributed by atoms with Crippen LogP contribution in [-0.2, 0) is 4.84 Å². The number of rotatable bonds is 5. The third kappa shape index (κ3) is 4.29. The molecule has 2 aromatic rings. The Morgan fingerprint density at radius 1 is 1.10 bits per heavy atom. The summed E-state index contributed by atoms with van der Waals surface area (Å²) in [6.07, 6.45) is 0. The minimum absolute atomic E-state index is 0.719. The third-order valence-electron chi connectivity index (χ3n) is 2.78. The van der Waals surface area contributed by atoms with E-state index in [4.69, 9.17) is 16.4 Å². The molecule has 0 radical (unpaired) electrons. The highest BCUT2D eigenvalue weighted by molar-refractivity contribution is 8.00. The topological polar surface area (TPSA) is 21.6 Å². The van der Waals surface area contributed by atoms with E-state index < -0.39 is 0 Å². The SMILES string of the molecule is CON=C(CSc1ccc(C)cc1)c1ccc(Cl)cc1. The molecule has 0 fully saturated rings. The summed E-state index contributed by atoms with van der Waals surface area (Å²) in [5.41, 5.74) is 3.18. The highest BCUT2D eigenvalue weighted by Gasteiger charge is 2.06. The number of halogens is 1. The maximum Gasteiger partial charge on any atom is 0.106 e. The van der Waals surface area contributed by atoms with E-state index in [9.17, 15) is 0 Å². The summed E-state index contributed by atoms with van der Waals surface area (Å²) in [5.74, 6) is 0.749. The average molecular weight is 306 g/mol. The lowest BCUT2D eigenvalue weighted by atomic mass is 10.1. The Bertz CT molecular complexity index is 578. The summed E-state index contributed by atoms with van der Waals surface area (Å²) >= 11 is 7.64. The van der Waals surface area contributed by atoms with Crippen molar-refractivity contribution >= 4 is 29.1 Å². The summed E-state index contributed by atoms with van der Waals surface area (Å²) in [6, 6.07) is 16.1. The van der Waals surface area contributed by atoms with E-state index in [1.807, 2.05) is 24.3 Å². The lowest BCUT2D eigenvalue weighted by Gasteiger charge is -2.06. The van der Waals surface area contributed by atoms with Gasteiger partial charge in [0.2, 0.25) is 0 Å². The molecule has 0 aliphatic heterocycles. The molecule has 0 atom stereocenters. The molecule has 0 heterocycles. The van der Waals surface area contributed by atoms with Crippen molar-refractivity contribution in [2.75, 3.05) is 12.9 Å². The highest BCUT2D eigenvalue weighted by Crippen LogP contribution is 2.21. The summed E-state index contributed by atoms with van der Waals surface area (Å²) in [7, 11) is 1.56. The molecule has 0 unspecified atom stereocenters. The first-order chi connectivity index (χ1) is 9.69. The maximum absolute atomic E-state index is 5.90. The van der Waals surface area contributed by atoms with E-state index in [-0.39, 0.29) is 0 Å². The zero-order valence-electron chi connectivity index (χ0n) is 11.5. The van der Waals surface area contributed by atoms with Crippen LogP contribution in [0.2, 0.25) is 5.02 Å². The van der Waals surface area contributed by atoms with Crippen molar-refractivity contribution in [1.82, 2.24) is 0 Å². The zero-order valence-corrected chi connectivity index (χ0v) is 13.0. The van der Waals surface area contributed by atoms with Crippen LogP contribution in [0.15, 0.2) is 58.6 Å². The maximum atomic E-state index is 5.90. The van der Waals surface area contributed by atoms with E-state index in [1.54, 1.807) is 18.9 Å². The first kappa shape index (κ1) is 14.9. The van der Waals surface area contributed by atoms with Crippen molar-refractivity contribution in [2.24, 2.45) is 5.16 Å². The number of nitrogens with zero attached hydrogens (tertiary/aromatic N) is 1. The number of thioether (sulfide) groups is 1. The monoisotopic (exact) mass is 305 g/mol. The van der Waals surface area contributed by atoms with Gasteiger partial charge in [-0.15, -0.1) is 11.8 Å². The fraction of sp³-hybridized carbons (Fsp3) is 0.188. The number of benzene rings is 2. The lowest BCUT2D eigenvalue weighted by Crippen LogP contribution is -2.05. The van der Waals surface area contributed by atoms with Gasteiger partial charge in [0.25, 0.3) is 0 Å². The Labute approximate surface area is 128 Å². The summed E-state index contributed by atoms with van der Waals surface area (Å²) < 4.78 is 0. The van der Waals surface area contributed by atoms with Crippen LogP contribution in [0, 0.1) is 6.92 Å². The molecular formula is C16H16ClNOS. The minimum Gasteiger partial charge on any atom is -0.399 e. The van der Waals surface area contributed by atoms with Gasteiger partial charge in [-0.2, -0.15) is 0 Å². The Hall–Kier alpha value is -1.45. The predicted octanol–water partition coefficient (Wildman–Crippen LogP) is 4.79. The van der Waals surface area contributed by atoms with E-state index in [0.29, 0.717) is 0 Å². The van der Waals surface area contributed by atoms with E-state index in [2.05, 4.69) is 36.3 Å². The molecule has 0 aliphatic carbocycles. The molecule has 0 saturated heterocycles. The summed E-state index contributed by atoms with van der Waals surface area (Å²) in [4.78, 5) is 6.15. The van der Waals surface area contributed by atoms with Crippen molar-refractivity contribution in [3.05, 3.63) is 64.7 Å². The molecule has 2 aromatic carbocycles. The van der Waals surface area contributed by atoms with Crippen LogP contribution in [0.3, 0.4) is 0 Å². The van der Waals surface area contributed by atoms with Gasteiger partial charge in [-0.05, 0) is 31.2 Å². The molecule has 2 rings (SSSR count). The molecule has 0 bridgehead atoms. The van der Waals surface area contributed by atoms with E-state index in [0.717, 1.165) is 22.1 Å². The first-order valence-corrected chi connectivity index (χ1v) is 7.61. The first-order valence-electron chi connectivity index (χ1n) is 6.24. The van der Waals surface area contributed by atoms with Gasteiger partial charge in [0, 0.05) is 21.2 Å². The summed E-state index contributed by atoms with van der Waals surface area (Å²) in [6.45, 7) is 2.08. The molecule has 0 saturated carbocycles. The molecule has 20 heavy (non-hydrogen) atoms. The second-order valence-corrected chi connectivity index (χ2v) is 5.81. The van der Waals surface area contributed by atoms with Crippen molar-refractivity contribution in [1.29, 1.82) is 0 Å². The molecule has 0 aliphatic rings. The number of oxime groups is 1. The van der Waals surface area contributed by atoms with Crippen molar-refractivity contribution in [2.45, 2.75) is 11.8 Å². The van der Waals surface area contributed by atoms with Gasteiger partial charge in [0.05, 0.1) is 5.71 Å². The van der Waals surface area contributed by atoms with Gasteiger partial charge in [0.1, 0.15) is 7.11 Å². The quantitative estimate of drug-likeness (QED) is 0.450. The Morgan fingerprint density at radius 2 is 1.75 bits per heavy atom. The Kier molecular flexibility index (Phi) is 5.50. The van der Waals surface area contributed by atoms with Crippen LogP contribution in [0.25, 0.3) is 0 Å². The normalized spacial score (nSPS) is 11.4. The molecule has 4 heteroatoms. The smallest absolute Gasteiger partial charge is 0.106 e. The summed E-state index contributed by atoms with van der Waals surface area (Å²) in [5, 5.41) is 4.83. The van der Waals surface area contributed by atoms with Crippen molar-refractivity contribution < 1.29 is 4.84 Å². The van der Waals surface area contributed by atoms with Gasteiger partial charge in [-0.3, -0.25) is 0 Å². The second-order valence-electron chi connectivity index (χ2n) is 4.33. The minimum atomic E-state index is 0.719. The predicted molar refractivity (Wildman–Crippen MR) is 86.9 cm³/mol. The van der Waals surface area contributed by atoms with Crippen molar-refractivity contribution in [3.8, 4) is 0 Å². The van der Waals surface area contributed by atoms with Gasteiger partial charge in [-0.1, -0.05) is 46.6 Å². The largest absolute Gasteiger partial charge is 0.399 e. The molecule has 2 nitrogen and oxygen atoms in total. The van der Waals surface area contributed by atoms with Gasteiger partial charge in [-0.25, -0.2) is 0 Å². The molecule has 0 N–H and O–H groups in total. The standard InChI is InChI=1S/C16H16ClNOS/c1-12-3-9-15(10-4-12)20-11-16(18-19-2)13-5-7-14(17)8-6-13/h3-10H,11H2,1-2H3. The molecule has 104 valence electrons. The van der Waals surface area contributed by atoms with Gasteiger partial charge >= 0.3 is 0 Å². The Balaban J connectivity index is 2.08. The number of aryl methyl sites for hydroxylation is 1. The number of hydrogen-bond donors (Lipinski definition) is 0. The lowest BCUT2D eigenvalue weighted by molar-refractivity contribution is 0.213. The van der Waals surface area contributed by atoms with E-state index in [1.165, 1.54) is 10.5 Å². The zero-order chi connectivity index (χ0) is 14.4. The van der Waals surface area contributed by atoms with Crippen LogP contribution < -0.4 is 0 Å². The van der Waals surface area contributed by atoms with E-state index >= 15 is 0 Å². The number of hydrogen-bond acceptors (Lipinski definition) is 3. The van der Waals surface area contributed by atoms with Crippen LogP contribution in [0.5, 0.6) is 0 Å². The van der Waals surface area contributed by atoms with Crippen molar-refractivity contribution in [3.63, 3.8) is 0 Å². The fourth-order valence-electron chi connectivity index (χ4n) is 1.70. The molecule has 0 spiro atoms. The van der Waals surface area contributed by atoms with Crippen LogP contribution in [0.4, 0.5) is 0 Å². The van der Waals surface area contributed by atoms with Gasteiger partial charge < -0.3 is 4.84 Å². The molecule has 0 aromatic heterocycles. The second kappa shape index (κ2) is 7.36. The highest BCUT2D eigenvalue weighted by atomic mass is 35.5. The Morgan fingerprint density at radius 3 is 2.35 bits per heavy atom. The fourth-order valence-corrected chi connectivity index (χ4v) is 2.68. The third-order valence-corrected chi connectivity index (χ3v) is 4.05. The average Bonchev–Trinajstić information content (AvgIpc) is 2.46. The van der Waals surface area contributed by atoms with Crippen LogP contribution in [0.1, 0.15) is 11.1 Å². The van der Waals surface area contributed by atoms with Crippen LogP contribution >= 0.6 is 23.4 Å².